The number of carbonyl (C=O) groups excluding carboxylic acids is 2. The monoisotopic (exact) mass is 649 g/mol. The molecule has 5 N–H and O–H groups in total. The second-order valence-corrected chi connectivity index (χ2v) is 10.3. The number of anilines is 2. The summed E-state index contributed by atoms with van der Waals surface area (Å²) in [7, 11) is 0. The van der Waals surface area contributed by atoms with Crippen LogP contribution in [0.15, 0.2) is 54.7 Å². The maximum atomic E-state index is 13.5. The van der Waals surface area contributed by atoms with Crippen LogP contribution in [0.1, 0.15) is 53.0 Å². The summed E-state index contributed by atoms with van der Waals surface area (Å²) in [6.45, 7) is 5.48. The number of nitrogens with two attached hydrogens (primary N) is 1. The summed E-state index contributed by atoms with van der Waals surface area (Å²) in [6.07, 6.45) is 3.07. The molecule has 0 saturated carbocycles. The molecule has 0 radical (unpaired) electrons. The number of aromatic nitrogens is 1. The lowest BCUT2D eigenvalue weighted by Crippen LogP contribution is -2.35. The molecule has 2 heterocycles. The Kier molecular flexibility index (Phi) is 14.0. The first-order valence-electron chi connectivity index (χ1n) is 11.9. The number of benzene rings is 2. The number of rotatable bonds is 7. The van der Waals surface area contributed by atoms with E-state index in [0.29, 0.717) is 27.2 Å². The second kappa shape index (κ2) is 15.6. The average molecular weight is 652 g/mol. The Morgan fingerprint density at radius 2 is 1.57 bits per heavy atom. The molecule has 8 nitrogen and oxygen atoms in total. The maximum absolute atomic E-state index is 13.5. The van der Waals surface area contributed by atoms with Gasteiger partial charge in [0.1, 0.15) is 17.7 Å². The smallest absolute Gasteiger partial charge is 0.259 e. The van der Waals surface area contributed by atoms with Gasteiger partial charge in [-0.1, -0.05) is 29.3 Å². The Hall–Kier alpha value is -2.30. The van der Waals surface area contributed by atoms with E-state index in [0.717, 1.165) is 31.5 Å². The predicted octanol–water partition coefficient (Wildman–Crippen LogP) is 6.48. The highest BCUT2D eigenvalue weighted by Crippen LogP contribution is 2.30. The van der Waals surface area contributed by atoms with Crippen molar-refractivity contribution in [2.75, 3.05) is 23.7 Å². The minimum atomic E-state index is -0.613. The van der Waals surface area contributed by atoms with Crippen LogP contribution in [0.3, 0.4) is 0 Å². The lowest BCUT2D eigenvalue weighted by Gasteiger charge is -2.27. The summed E-state index contributed by atoms with van der Waals surface area (Å²) >= 11 is 12.0. The number of hydrogen-bond acceptors (Lipinski definition) is 6. The minimum absolute atomic E-state index is 0. The molecule has 13 heteroatoms. The maximum Gasteiger partial charge on any atom is 0.259 e. The molecule has 0 atom stereocenters. The molecule has 1 saturated heterocycles. The van der Waals surface area contributed by atoms with Crippen LogP contribution in [-0.2, 0) is 5.54 Å². The number of carbonyl (C=O) groups is 2. The second-order valence-electron chi connectivity index (χ2n) is 9.46. The van der Waals surface area contributed by atoms with Crippen molar-refractivity contribution in [1.29, 1.82) is 0 Å². The number of nitrogens with one attached hydrogen (secondary N) is 3. The fourth-order valence-corrected chi connectivity index (χ4v) is 4.22. The normalized spacial score (nSPS) is 13.1. The Bertz CT molecular complexity index is 1300. The Morgan fingerprint density at radius 1 is 0.925 bits per heavy atom. The summed E-state index contributed by atoms with van der Waals surface area (Å²) in [5, 5.41) is 9.63. The van der Waals surface area contributed by atoms with Gasteiger partial charge < -0.3 is 26.4 Å². The largest absolute Gasteiger partial charge is 0.489 e. The molecule has 1 aliphatic heterocycles. The van der Waals surface area contributed by atoms with E-state index in [9.17, 15) is 9.59 Å². The molecule has 40 heavy (non-hydrogen) atoms. The zero-order valence-electron chi connectivity index (χ0n) is 21.8. The van der Waals surface area contributed by atoms with Crippen molar-refractivity contribution in [2.24, 2.45) is 5.73 Å². The summed E-state index contributed by atoms with van der Waals surface area (Å²) in [5.41, 5.74) is 7.35. The average Bonchev–Trinajstić information content (AvgIpc) is 2.86. The summed E-state index contributed by atoms with van der Waals surface area (Å²) < 4.78 is 6.29. The van der Waals surface area contributed by atoms with E-state index < -0.39 is 17.4 Å². The van der Waals surface area contributed by atoms with Crippen molar-refractivity contribution in [3.05, 3.63) is 81.5 Å². The number of nitrogens with zero attached hydrogens (tertiary/aromatic N) is 1. The van der Waals surface area contributed by atoms with Crippen LogP contribution in [0.5, 0.6) is 5.75 Å². The van der Waals surface area contributed by atoms with Crippen molar-refractivity contribution in [3.63, 3.8) is 0 Å². The molecule has 2 aromatic carbocycles. The highest BCUT2D eigenvalue weighted by molar-refractivity contribution is 6.31. The first-order chi connectivity index (χ1) is 17.6. The van der Waals surface area contributed by atoms with Crippen LogP contribution in [0.25, 0.3) is 0 Å². The number of amides is 2. The van der Waals surface area contributed by atoms with Crippen LogP contribution in [0, 0.1) is 0 Å². The van der Waals surface area contributed by atoms with Gasteiger partial charge in [-0.25, -0.2) is 4.98 Å². The van der Waals surface area contributed by atoms with E-state index in [4.69, 9.17) is 33.7 Å². The molecule has 1 fully saturated rings. The molecule has 0 aliphatic carbocycles. The van der Waals surface area contributed by atoms with Gasteiger partial charge >= 0.3 is 0 Å². The van der Waals surface area contributed by atoms with Gasteiger partial charge in [-0.15, -0.1) is 37.2 Å². The van der Waals surface area contributed by atoms with E-state index in [1.807, 2.05) is 26.0 Å². The van der Waals surface area contributed by atoms with E-state index in [1.165, 1.54) is 12.3 Å². The summed E-state index contributed by atoms with van der Waals surface area (Å²) in [4.78, 5) is 30.6. The van der Waals surface area contributed by atoms with E-state index in [-0.39, 0.29) is 54.6 Å². The third-order valence-electron chi connectivity index (χ3n) is 5.99. The molecule has 2 amide bonds. The van der Waals surface area contributed by atoms with Crippen molar-refractivity contribution in [1.82, 2.24) is 10.3 Å². The lowest BCUT2D eigenvalue weighted by molar-refractivity contribution is 0.101. The molecular weight excluding hydrogens is 620 g/mol. The molecule has 3 aromatic rings. The summed E-state index contributed by atoms with van der Waals surface area (Å²) in [5.74, 6) is -0.152. The SMILES string of the molecule is CC(C)(N)c1ccc(C(=O)Nc2ccc(Cl)cc2C(=O)Nc2ccc(Cl)cn2)c(OC2CCNCC2)c1.Cl.Cl.Cl. The van der Waals surface area contributed by atoms with Gasteiger partial charge in [0, 0.05) is 16.8 Å². The van der Waals surface area contributed by atoms with E-state index in [2.05, 4.69) is 20.9 Å². The minimum Gasteiger partial charge on any atom is -0.489 e. The van der Waals surface area contributed by atoms with Crippen molar-refractivity contribution < 1.29 is 14.3 Å². The molecule has 1 aromatic heterocycles. The zero-order valence-corrected chi connectivity index (χ0v) is 25.8. The lowest BCUT2D eigenvalue weighted by atomic mass is 9.94. The van der Waals surface area contributed by atoms with Crippen LogP contribution >= 0.6 is 60.4 Å². The van der Waals surface area contributed by atoms with E-state index in [1.54, 1.807) is 30.3 Å². The highest BCUT2D eigenvalue weighted by atomic mass is 35.5. The highest BCUT2D eigenvalue weighted by Gasteiger charge is 2.24. The molecule has 4 rings (SSSR count). The number of piperidine rings is 1. The molecule has 0 spiro atoms. The van der Waals surface area contributed by atoms with Crippen LogP contribution in [0.4, 0.5) is 11.5 Å². The topological polar surface area (TPSA) is 118 Å². The van der Waals surface area contributed by atoms with Gasteiger partial charge in [-0.3, -0.25) is 9.59 Å². The number of ether oxygens (including phenoxy) is 1. The fourth-order valence-electron chi connectivity index (χ4n) is 3.94. The third-order valence-corrected chi connectivity index (χ3v) is 6.45. The number of halogens is 5. The van der Waals surface area contributed by atoms with Gasteiger partial charge in [-0.05, 0) is 87.8 Å². The van der Waals surface area contributed by atoms with Gasteiger partial charge in [0.15, 0.2) is 0 Å². The zero-order chi connectivity index (χ0) is 26.6. The fraction of sp³-hybridized carbons (Fsp3) is 0.296. The Labute approximate surface area is 262 Å². The van der Waals surface area contributed by atoms with Gasteiger partial charge in [0.25, 0.3) is 11.8 Å². The Morgan fingerprint density at radius 3 is 2.20 bits per heavy atom. The van der Waals surface area contributed by atoms with E-state index >= 15 is 0 Å². The Balaban J connectivity index is 0.00000267. The molecule has 0 bridgehead atoms. The molecule has 0 unspecified atom stereocenters. The van der Waals surface area contributed by atoms with Crippen LogP contribution in [-0.4, -0.2) is 36.0 Å². The molecule has 1 aliphatic rings. The van der Waals surface area contributed by atoms with Crippen molar-refractivity contribution in [3.8, 4) is 5.75 Å². The predicted molar refractivity (Wildman–Crippen MR) is 169 cm³/mol. The number of pyridine rings is 1. The van der Waals surface area contributed by atoms with Gasteiger partial charge in [-0.2, -0.15) is 0 Å². The summed E-state index contributed by atoms with van der Waals surface area (Å²) in [6, 6.07) is 13.2. The standard InChI is InChI=1S/C27H29Cl2N5O3.3ClH/c1-27(2,30)16-3-6-20(23(13-16)37-19-9-11-31-12-10-19)25(35)33-22-7-4-17(28)14-21(22)26(36)34-24-8-5-18(29)15-32-24;;;/h3-8,13-15,19,31H,9-12,30H2,1-2H3,(H,33,35)(H,32,34,36);3*1H. The molecular formula is C27H32Cl5N5O3. The number of hydrogen-bond donors (Lipinski definition) is 4. The first-order valence-corrected chi connectivity index (χ1v) is 12.7. The quantitative estimate of drug-likeness (QED) is 0.232. The van der Waals surface area contributed by atoms with Crippen molar-refractivity contribution >= 4 is 83.7 Å². The van der Waals surface area contributed by atoms with Crippen LogP contribution < -0.4 is 26.4 Å². The first kappa shape index (κ1) is 35.7. The van der Waals surface area contributed by atoms with Gasteiger partial charge in [0.2, 0.25) is 0 Å². The third kappa shape index (κ3) is 9.38. The van der Waals surface area contributed by atoms with Gasteiger partial charge in [0.05, 0.1) is 21.8 Å². The molecule has 218 valence electrons. The van der Waals surface area contributed by atoms with Crippen molar-refractivity contribution in [2.45, 2.75) is 38.3 Å². The van der Waals surface area contributed by atoms with Crippen LogP contribution in [0.2, 0.25) is 10.0 Å².